The summed E-state index contributed by atoms with van der Waals surface area (Å²) >= 11 is 1.19. The average molecular weight is 486 g/mol. The molecule has 11 heteroatoms. The molecule has 1 aliphatic heterocycles. The third-order valence-corrected chi connectivity index (χ3v) is 6.20. The molecule has 1 saturated heterocycles. The molecule has 2 aromatic carbocycles. The number of hydrogen-bond donors (Lipinski definition) is 2. The summed E-state index contributed by atoms with van der Waals surface area (Å²) in [5.74, 6) is 0.0333. The SMILES string of the molecule is COc1ccc(C(=O)NNC(=O)CSc2nnc(-c3ccc(F)cc3)n2C[C@H]2CCCO2)cc1. The largest absolute Gasteiger partial charge is 0.497 e. The Kier molecular flexibility index (Phi) is 7.76. The number of halogens is 1. The lowest BCUT2D eigenvalue weighted by atomic mass is 10.2. The molecule has 0 aliphatic carbocycles. The molecule has 0 spiro atoms. The Hall–Kier alpha value is -3.44. The van der Waals surface area contributed by atoms with Crippen molar-refractivity contribution in [2.75, 3.05) is 19.5 Å². The van der Waals surface area contributed by atoms with Crippen LogP contribution in [0.15, 0.2) is 53.7 Å². The molecule has 0 saturated carbocycles. The highest BCUT2D eigenvalue weighted by Crippen LogP contribution is 2.26. The minimum atomic E-state index is -0.443. The molecular formula is C23H24FN5O4S. The summed E-state index contributed by atoms with van der Waals surface area (Å²) in [5.41, 5.74) is 5.89. The second-order valence-electron chi connectivity index (χ2n) is 7.58. The van der Waals surface area contributed by atoms with Crippen LogP contribution in [0.4, 0.5) is 4.39 Å². The van der Waals surface area contributed by atoms with Gasteiger partial charge in [0.25, 0.3) is 5.91 Å². The van der Waals surface area contributed by atoms with Crippen molar-refractivity contribution in [2.24, 2.45) is 0 Å². The van der Waals surface area contributed by atoms with Crippen LogP contribution in [0.3, 0.4) is 0 Å². The Labute approximate surface area is 200 Å². The molecule has 1 fully saturated rings. The van der Waals surface area contributed by atoms with Crippen LogP contribution in [0.1, 0.15) is 23.2 Å². The number of nitrogens with one attached hydrogen (secondary N) is 2. The van der Waals surface area contributed by atoms with E-state index in [2.05, 4.69) is 21.0 Å². The summed E-state index contributed by atoms with van der Waals surface area (Å²) in [4.78, 5) is 24.5. The first-order valence-electron chi connectivity index (χ1n) is 10.7. The van der Waals surface area contributed by atoms with Crippen molar-refractivity contribution >= 4 is 23.6 Å². The fourth-order valence-electron chi connectivity index (χ4n) is 3.47. The molecule has 0 radical (unpaired) electrons. The van der Waals surface area contributed by atoms with E-state index < -0.39 is 11.8 Å². The van der Waals surface area contributed by atoms with Crippen molar-refractivity contribution in [3.05, 3.63) is 59.9 Å². The zero-order valence-electron chi connectivity index (χ0n) is 18.5. The van der Waals surface area contributed by atoms with E-state index in [1.807, 2.05) is 4.57 Å². The molecule has 0 unspecified atom stereocenters. The molecule has 34 heavy (non-hydrogen) atoms. The molecule has 2 N–H and O–H groups in total. The van der Waals surface area contributed by atoms with Crippen molar-refractivity contribution in [2.45, 2.75) is 30.6 Å². The third kappa shape index (κ3) is 5.91. The zero-order valence-corrected chi connectivity index (χ0v) is 19.3. The van der Waals surface area contributed by atoms with Crippen LogP contribution >= 0.6 is 11.8 Å². The number of carbonyl (C=O) groups is 2. The van der Waals surface area contributed by atoms with E-state index in [1.165, 1.54) is 31.0 Å². The smallest absolute Gasteiger partial charge is 0.269 e. The van der Waals surface area contributed by atoms with E-state index in [9.17, 15) is 14.0 Å². The molecule has 2 heterocycles. The number of carbonyl (C=O) groups excluding carboxylic acids is 2. The summed E-state index contributed by atoms with van der Waals surface area (Å²) < 4.78 is 26.1. The number of nitrogens with zero attached hydrogens (tertiary/aromatic N) is 3. The molecule has 178 valence electrons. The van der Waals surface area contributed by atoms with Crippen molar-refractivity contribution < 1.29 is 23.5 Å². The third-order valence-electron chi connectivity index (χ3n) is 5.23. The Bertz CT molecular complexity index is 1130. The molecule has 4 rings (SSSR count). The molecule has 1 aromatic heterocycles. The molecule has 9 nitrogen and oxygen atoms in total. The van der Waals surface area contributed by atoms with Crippen molar-refractivity contribution in [1.29, 1.82) is 0 Å². The second kappa shape index (κ2) is 11.1. The average Bonchev–Trinajstić information content (AvgIpc) is 3.52. The monoisotopic (exact) mass is 485 g/mol. The Morgan fingerprint density at radius 2 is 1.91 bits per heavy atom. The predicted molar refractivity (Wildman–Crippen MR) is 124 cm³/mol. The summed E-state index contributed by atoms with van der Waals surface area (Å²) in [6.07, 6.45) is 1.92. The van der Waals surface area contributed by atoms with Crippen LogP contribution < -0.4 is 15.6 Å². The summed E-state index contributed by atoms with van der Waals surface area (Å²) in [6, 6.07) is 12.5. The predicted octanol–water partition coefficient (Wildman–Crippen LogP) is 2.83. The van der Waals surface area contributed by atoms with Gasteiger partial charge >= 0.3 is 0 Å². The van der Waals surface area contributed by atoms with Crippen LogP contribution in [0.25, 0.3) is 11.4 Å². The van der Waals surface area contributed by atoms with Gasteiger partial charge in [-0.2, -0.15) is 0 Å². The topological polar surface area (TPSA) is 107 Å². The van der Waals surface area contributed by atoms with Gasteiger partial charge < -0.3 is 9.47 Å². The van der Waals surface area contributed by atoms with Gasteiger partial charge in [-0.25, -0.2) is 4.39 Å². The summed E-state index contributed by atoms with van der Waals surface area (Å²) in [5, 5.41) is 9.04. The Morgan fingerprint density at radius 1 is 1.15 bits per heavy atom. The van der Waals surface area contributed by atoms with Crippen LogP contribution in [0.2, 0.25) is 0 Å². The number of thioether (sulfide) groups is 1. The van der Waals surface area contributed by atoms with E-state index in [1.54, 1.807) is 36.4 Å². The molecular weight excluding hydrogens is 461 g/mol. The normalized spacial score (nSPS) is 15.2. The quantitative estimate of drug-likeness (QED) is 0.373. The number of hydrogen-bond acceptors (Lipinski definition) is 7. The maximum Gasteiger partial charge on any atom is 0.269 e. The molecule has 1 aliphatic rings. The summed E-state index contributed by atoms with van der Waals surface area (Å²) in [7, 11) is 1.54. The van der Waals surface area contributed by atoms with Gasteiger partial charge in [0.2, 0.25) is 5.91 Å². The first kappa shape index (κ1) is 23.7. The second-order valence-corrected chi connectivity index (χ2v) is 8.52. The minimum absolute atomic E-state index is 0.00989. The standard InChI is InChI=1S/C23H24FN5O4S/c1-32-18-10-6-16(7-11-18)22(31)27-25-20(30)14-34-23-28-26-21(15-4-8-17(24)9-5-15)29(23)13-19-3-2-12-33-19/h4-11,19H,2-3,12-14H2,1H3,(H,25,30)(H,27,31)/t19-/m1/s1. The van der Waals surface area contributed by atoms with Crippen LogP contribution in [0, 0.1) is 5.82 Å². The number of aromatic nitrogens is 3. The van der Waals surface area contributed by atoms with Gasteiger partial charge in [-0.15, -0.1) is 10.2 Å². The first-order chi connectivity index (χ1) is 16.5. The summed E-state index contributed by atoms with van der Waals surface area (Å²) in [6.45, 7) is 1.23. The van der Waals surface area contributed by atoms with E-state index in [4.69, 9.17) is 9.47 Å². The number of rotatable bonds is 8. The maximum absolute atomic E-state index is 13.4. The van der Waals surface area contributed by atoms with Gasteiger partial charge in [0.1, 0.15) is 11.6 Å². The van der Waals surface area contributed by atoms with Gasteiger partial charge in [-0.05, 0) is 61.4 Å². The Morgan fingerprint density at radius 3 is 2.59 bits per heavy atom. The van der Waals surface area contributed by atoms with Crippen molar-refractivity contribution in [1.82, 2.24) is 25.6 Å². The lowest BCUT2D eigenvalue weighted by Crippen LogP contribution is -2.42. The molecule has 0 bridgehead atoms. The van der Waals surface area contributed by atoms with Gasteiger partial charge in [0.05, 0.1) is 25.5 Å². The lowest BCUT2D eigenvalue weighted by molar-refractivity contribution is -0.119. The fourth-order valence-corrected chi connectivity index (χ4v) is 4.22. The van der Waals surface area contributed by atoms with E-state index in [0.717, 1.165) is 18.4 Å². The minimum Gasteiger partial charge on any atom is -0.497 e. The van der Waals surface area contributed by atoms with Crippen LogP contribution in [-0.4, -0.2) is 52.2 Å². The van der Waals surface area contributed by atoms with E-state index >= 15 is 0 Å². The van der Waals surface area contributed by atoms with Gasteiger partial charge in [0, 0.05) is 17.7 Å². The number of amides is 2. The number of ether oxygens (including phenoxy) is 2. The zero-order chi connectivity index (χ0) is 23.9. The van der Waals surface area contributed by atoms with Gasteiger partial charge in [-0.3, -0.25) is 25.0 Å². The van der Waals surface area contributed by atoms with Crippen molar-refractivity contribution in [3.8, 4) is 17.1 Å². The highest BCUT2D eigenvalue weighted by atomic mass is 32.2. The van der Waals surface area contributed by atoms with Gasteiger partial charge in [0.15, 0.2) is 11.0 Å². The van der Waals surface area contributed by atoms with E-state index in [-0.39, 0.29) is 17.7 Å². The lowest BCUT2D eigenvalue weighted by Gasteiger charge is -2.15. The highest BCUT2D eigenvalue weighted by molar-refractivity contribution is 7.99. The number of hydrazine groups is 1. The molecule has 3 aromatic rings. The molecule has 1 atom stereocenters. The van der Waals surface area contributed by atoms with Crippen molar-refractivity contribution in [3.63, 3.8) is 0 Å². The maximum atomic E-state index is 13.4. The Balaban J connectivity index is 1.38. The first-order valence-corrected chi connectivity index (χ1v) is 11.7. The van der Waals surface area contributed by atoms with Crippen LogP contribution in [-0.2, 0) is 16.1 Å². The fraction of sp³-hybridized carbons (Fsp3) is 0.304. The molecule has 2 amide bonds. The number of benzene rings is 2. The van der Waals surface area contributed by atoms with Crippen LogP contribution in [0.5, 0.6) is 5.75 Å². The van der Waals surface area contributed by atoms with Gasteiger partial charge in [-0.1, -0.05) is 11.8 Å². The number of methoxy groups -OCH3 is 1. The van der Waals surface area contributed by atoms with E-state index in [0.29, 0.717) is 35.4 Å². The highest BCUT2D eigenvalue weighted by Gasteiger charge is 2.22.